The first-order valence-corrected chi connectivity index (χ1v) is 11.6. The summed E-state index contributed by atoms with van der Waals surface area (Å²) < 4.78 is 0. The molecule has 0 rings (SSSR count). The highest BCUT2D eigenvalue weighted by Gasteiger charge is 2.26. The molecule has 0 spiro atoms. The molecular weight excluding hydrogens is 528 g/mol. The van der Waals surface area contributed by atoms with Crippen LogP contribution in [0.4, 0.5) is 0 Å². The van der Waals surface area contributed by atoms with Crippen LogP contribution in [0.25, 0.3) is 0 Å². The molecule has 0 aliphatic heterocycles. The number of rotatable bonds is 20. The van der Waals surface area contributed by atoms with Crippen molar-refractivity contribution in [3.8, 4) is 0 Å². The molecule has 0 aromatic rings. The molecule has 4 amide bonds. The second-order valence-electron chi connectivity index (χ2n) is 8.27. The fourth-order valence-electron chi connectivity index (χ4n) is 3.10. The van der Waals surface area contributed by atoms with E-state index < -0.39 is 104 Å². The third kappa shape index (κ3) is 15.3. The summed E-state index contributed by atoms with van der Waals surface area (Å²) in [5.74, 6) is -9.09. The van der Waals surface area contributed by atoms with Gasteiger partial charge in [0, 0.05) is 32.6 Å². The summed E-state index contributed by atoms with van der Waals surface area (Å²) in [6.07, 6.45) is -1.69. The minimum atomic E-state index is -1.57. The van der Waals surface area contributed by atoms with Crippen molar-refractivity contribution in [1.29, 1.82) is 0 Å². The molecule has 0 fully saturated rings. The Morgan fingerprint density at radius 3 is 1.08 bits per heavy atom. The van der Waals surface area contributed by atoms with Crippen molar-refractivity contribution in [1.82, 2.24) is 21.3 Å². The third-order valence-corrected chi connectivity index (χ3v) is 5.09. The summed E-state index contributed by atoms with van der Waals surface area (Å²) in [4.78, 5) is 103. The quantitative estimate of drug-likeness (QED) is 0.0767. The van der Waals surface area contributed by atoms with E-state index in [0.717, 1.165) is 6.92 Å². The number of nitrogens with one attached hydrogen (secondary N) is 4. The lowest BCUT2D eigenvalue weighted by atomic mass is 10.1. The highest BCUT2D eigenvalue weighted by Crippen LogP contribution is 2.05. The Bertz CT molecular complexity index is 952. The van der Waals surface area contributed by atoms with Gasteiger partial charge in [-0.25, -0.2) is 19.2 Å². The molecule has 8 N–H and O–H groups in total. The molecule has 1 radical (unpaired) electrons. The molecule has 39 heavy (non-hydrogen) atoms. The fraction of sp³-hybridized carbons (Fsp3) is 0.591. The molecule has 0 bridgehead atoms. The average molecular weight is 560 g/mol. The topological polar surface area (TPSA) is 283 Å². The van der Waals surface area contributed by atoms with E-state index in [0.29, 0.717) is 0 Å². The van der Waals surface area contributed by atoms with Gasteiger partial charge >= 0.3 is 23.9 Å². The Morgan fingerprint density at radius 2 is 0.821 bits per heavy atom. The highest BCUT2D eigenvalue weighted by molar-refractivity contribution is 5.88. The van der Waals surface area contributed by atoms with Crippen molar-refractivity contribution in [3.05, 3.63) is 0 Å². The van der Waals surface area contributed by atoms with Crippen molar-refractivity contribution in [2.75, 3.05) is 0 Å². The maximum absolute atomic E-state index is 12.2. The molecule has 0 unspecified atom stereocenters. The lowest BCUT2D eigenvalue weighted by Crippen LogP contribution is -2.45. The molecule has 0 aliphatic rings. The van der Waals surface area contributed by atoms with Crippen LogP contribution < -0.4 is 21.3 Å². The predicted molar refractivity (Wildman–Crippen MR) is 127 cm³/mol. The number of carbonyl (C=O) groups excluding carboxylic acids is 5. The van der Waals surface area contributed by atoms with Crippen LogP contribution in [-0.2, 0) is 43.2 Å². The van der Waals surface area contributed by atoms with Crippen LogP contribution in [0.2, 0.25) is 0 Å². The maximum atomic E-state index is 12.2. The normalized spacial score (nSPS) is 13.5. The van der Waals surface area contributed by atoms with E-state index in [4.69, 9.17) is 10.2 Å². The van der Waals surface area contributed by atoms with E-state index in [9.17, 15) is 53.4 Å². The van der Waals surface area contributed by atoms with Gasteiger partial charge in [0.25, 0.3) is 0 Å². The Morgan fingerprint density at radius 1 is 0.538 bits per heavy atom. The Kier molecular flexibility index (Phi) is 15.7. The minimum Gasteiger partial charge on any atom is -0.480 e. The van der Waals surface area contributed by atoms with Crippen molar-refractivity contribution in [3.63, 3.8) is 0 Å². The standard InChI is InChI=1S/C22H31N4O13/c1-11(28)23-13(20(34)35)4-7-17(30)25-15(22(38)39)6-9-18(31)26-14(21(36)37)5-8-16(29)24-12(19(32)33)3-2-10-27/h12-15H,2-9H2,1H3,(H,23,28)(H,24,29)(H,25,30)(H,26,31)(H,32,33)(H,34,35)(H,36,37)(H,38,39)/t12-,13-,14-,15-/m0/s1. The molecule has 0 heterocycles. The summed E-state index contributed by atoms with van der Waals surface area (Å²) in [6, 6.07) is -5.91. The van der Waals surface area contributed by atoms with Gasteiger partial charge in [-0.15, -0.1) is 0 Å². The molecule has 17 heteroatoms. The second kappa shape index (κ2) is 17.8. The van der Waals surface area contributed by atoms with Gasteiger partial charge in [-0.1, -0.05) is 0 Å². The first-order valence-electron chi connectivity index (χ1n) is 11.6. The fourth-order valence-corrected chi connectivity index (χ4v) is 3.10. The van der Waals surface area contributed by atoms with Crippen LogP contribution in [0.5, 0.6) is 0 Å². The molecule has 0 saturated carbocycles. The number of aliphatic carboxylic acids is 4. The second-order valence-corrected chi connectivity index (χ2v) is 8.27. The highest BCUT2D eigenvalue weighted by atomic mass is 16.4. The molecule has 0 saturated heterocycles. The Hall–Kier alpha value is -4.57. The van der Waals surface area contributed by atoms with Gasteiger partial charge in [0.15, 0.2) is 6.29 Å². The van der Waals surface area contributed by atoms with E-state index >= 15 is 0 Å². The van der Waals surface area contributed by atoms with E-state index in [1.165, 1.54) is 6.29 Å². The average Bonchev–Trinajstić information content (AvgIpc) is 2.83. The zero-order chi connectivity index (χ0) is 30.1. The monoisotopic (exact) mass is 559 g/mol. The van der Waals surface area contributed by atoms with E-state index in [-0.39, 0.29) is 19.3 Å². The van der Waals surface area contributed by atoms with Crippen LogP contribution in [0.1, 0.15) is 58.3 Å². The molecule has 17 nitrogen and oxygen atoms in total. The van der Waals surface area contributed by atoms with Gasteiger partial charge < -0.3 is 41.7 Å². The van der Waals surface area contributed by atoms with Gasteiger partial charge in [0.2, 0.25) is 23.6 Å². The lowest BCUT2D eigenvalue weighted by molar-refractivity contribution is -0.144. The van der Waals surface area contributed by atoms with Crippen LogP contribution in [0, 0.1) is 0 Å². The third-order valence-electron chi connectivity index (χ3n) is 5.09. The smallest absolute Gasteiger partial charge is 0.326 e. The van der Waals surface area contributed by atoms with E-state index in [2.05, 4.69) is 21.3 Å². The number of amides is 4. The molecule has 4 atom stereocenters. The number of hydrogen-bond acceptors (Lipinski definition) is 9. The largest absolute Gasteiger partial charge is 0.480 e. The molecule has 0 aromatic carbocycles. The number of carboxylic acids is 4. The zero-order valence-corrected chi connectivity index (χ0v) is 20.9. The zero-order valence-electron chi connectivity index (χ0n) is 20.9. The Labute approximate surface area is 221 Å². The van der Waals surface area contributed by atoms with Crippen LogP contribution in [0.15, 0.2) is 0 Å². The van der Waals surface area contributed by atoms with Crippen molar-refractivity contribution in [2.24, 2.45) is 0 Å². The van der Waals surface area contributed by atoms with Crippen LogP contribution in [0.3, 0.4) is 0 Å². The van der Waals surface area contributed by atoms with E-state index in [1.807, 2.05) is 0 Å². The Balaban J connectivity index is 4.84. The van der Waals surface area contributed by atoms with Gasteiger partial charge in [-0.05, 0) is 25.7 Å². The minimum absolute atomic E-state index is 0.222. The molecule has 217 valence electrons. The SMILES string of the molecule is CC(=O)N[C@@H](CCC(=O)N[C@@H](CCC(=O)N[C@@H](CCC(=O)N[C@@H](CC[C]=O)C(=O)O)C(=O)O)C(=O)O)C(=O)O. The molecule has 0 aromatic heterocycles. The lowest BCUT2D eigenvalue weighted by Gasteiger charge is -2.18. The first-order chi connectivity index (χ1) is 18.2. The first kappa shape index (κ1) is 34.4. The van der Waals surface area contributed by atoms with Gasteiger partial charge in [0.1, 0.15) is 24.2 Å². The maximum Gasteiger partial charge on any atom is 0.326 e. The van der Waals surface area contributed by atoms with Gasteiger partial charge in [-0.3, -0.25) is 24.0 Å². The van der Waals surface area contributed by atoms with Crippen molar-refractivity contribution < 1.29 is 63.6 Å². The molecular formula is C22H31N4O13. The summed E-state index contributed by atoms with van der Waals surface area (Å²) >= 11 is 0. The predicted octanol–water partition coefficient (Wildman–Crippen LogP) is -2.49. The number of carbonyl (C=O) groups is 8. The number of hydrogen-bond donors (Lipinski definition) is 8. The summed E-state index contributed by atoms with van der Waals surface area (Å²) in [5.41, 5.74) is 0. The summed E-state index contributed by atoms with van der Waals surface area (Å²) in [7, 11) is 0. The van der Waals surface area contributed by atoms with Gasteiger partial charge in [0.05, 0.1) is 0 Å². The van der Waals surface area contributed by atoms with E-state index in [1.54, 1.807) is 0 Å². The summed E-state index contributed by atoms with van der Waals surface area (Å²) in [6.45, 7) is 1.08. The van der Waals surface area contributed by atoms with Crippen LogP contribution in [-0.4, -0.2) is 98.4 Å². The molecule has 0 aliphatic carbocycles. The van der Waals surface area contributed by atoms with Gasteiger partial charge in [-0.2, -0.15) is 0 Å². The number of carboxylic acid groups (broad SMARTS) is 4. The van der Waals surface area contributed by atoms with Crippen molar-refractivity contribution in [2.45, 2.75) is 82.5 Å². The summed E-state index contributed by atoms with van der Waals surface area (Å²) in [5, 5.41) is 45.1. The van der Waals surface area contributed by atoms with Crippen molar-refractivity contribution >= 4 is 53.8 Å². The van der Waals surface area contributed by atoms with Crippen LogP contribution >= 0.6 is 0 Å².